The summed E-state index contributed by atoms with van der Waals surface area (Å²) in [5.41, 5.74) is 0.833. The summed E-state index contributed by atoms with van der Waals surface area (Å²) in [6.45, 7) is 0. The molecule has 0 saturated heterocycles. The van der Waals surface area contributed by atoms with Gasteiger partial charge in [0.05, 0.1) is 16.8 Å². The highest BCUT2D eigenvalue weighted by atomic mass is 35.5. The monoisotopic (exact) mass is 274 g/mol. The minimum atomic E-state index is 0.0131. The van der Waals surface area contributed by atoms with E-state index in [-0.39, 0.29) is 17.5 Å². The van der Waals surface area contributed by atoms with E-state index in [1.54, 1.807) is 4.57 Å². The predicted octanol–water partition coefficient (Wildman–Crippen LogP) is 2.12. The van der Waals surface area contributed by atoms with E-state index >= 15 is 0 Å². The van der Waals surface area contributed by atoms with Crippen molar-refractivity contribution in [3.05, 3.63) is 40.4 Å². The minimum Gasteiger partial charge on any atom is -0.273 e. The number of nitrogens with zero attached hydrogens (tertiary/aromatic N) is 4. The van der Waals surface area contributed by atoms with Crippen molar-refractivity contribution in [2.24, 2.45) is 0 Å². The van der Waals surface area contributed by atoms with Crippen LogP contribution in [0.5, 0.6) is 0 Å². The Bertz CT molecular complexity index is 847. The van der Waals surface area contributed by atoms with Crippen LogP contribution in [-0.2, 0) is 5.88 Å². The zero-order valence-corrected chi connectivity index (χ0v) is 10.8. The number of benzene rings is 1. The lowest BCUT2D eigenvalue weighted by Crippen LogP contribution is -2.22. The third kappa shape index (κ3) is 1.45. The molecule has 0 atom stereocenters. The molecule has 0 N–H and O–H groups in total. The van der Waals surface area contributed by atoms with Gasteiger partial charge in [-0.05, 0) is 25.0 Å². The molecule has 1 aromatic carbocycles. The largest absolute Gasteiger partial charge is 0.273 e. The highest BCUT2D eigenvalue weighted by molar-refractivity contribution is 6.16. The molecular formula is C13H11ClN4O. The molecule has 4 rings (SSSR count). The van der Waals surface area contributed by atoms with Crippen LogP contribution in [0.2, 0.25) is 0 Å². The Morgan fingerprint density at radius 1 is 1.26 bits per heavy atom. The molecule has 0 radical (unpaired) electrons. The molecule has 1 aliphatic carbocycles. The standard InChI is InChI=1S/C13H11ClN4O/c14-7-11-15-16-13-17(8-5-6-8)12(19)9-3-1-2-4-10(9)18(11)13/h1-4,8H,5-7H2. The Balaban J connectivity index is 2.28. The molecule has 2 aromatic heterocycles. The van der Waals surface area contributed by atoms with Gasteiger partial charge in [0, 0.05) is 6.04 Å². The van der Waals surface area contributed by atoms with Crippen LogP contribution >= 0.6 is 11.6 Å². The van der Waals surface area contributed by atoms with E-state index in [9.17, 15) is 4.79 Å². The topological polar surface area (TPSA) is 52.2 Å². The number of fused-ring (bicyclic) bond motifs is 3. The SMILES string of the molecule is O=c1c2ccccc2n2c(CCl)nnc2n1C1CC1. The van der Waals surface area contributed by atoms with Crippen LogP contribution < -0.4 is 5.56 Å². The summed E-state index contributed by atoms with van der Waals surface area (Å²) in [5.74, 6) is 1.54. The van der Waals surface area contributed by atoms with Gasteiger partial charge in [0.25, 0.3) is 5.56 Å². The van der Waals surface area contributed by atoms with Crippen molar-refractivity contribution in [1.29, 1.82) is 0 Å². The molecule has 5 nitrogen and oxygen atoms in total. The van der Waals surface area contributed by atoms with Crippen LogP contribution in [-0.4, -0.2) is 19.2 Å². The number of aromatic nitrogens is 4. The third-order valence-corrected chi connectivity index (χ3v) is 3.79. The van der Waals surface area contributed by atoms with E-state index in [1.165, 1.54) is 0 Å². The first-order valence-electron chi connectivity index (χ1n) is 6.24. The van der Waals surface area contributed by atoms with Gasteiger partial charge in [-0.25, -0.2) is 0 Å². The van der Waals surface area contributed by atoms with Crippen LogP contribution in [0.25, 0.3) is 16.7 Å². The second kappa shape index (κ2) is 3.81. The summed E-state index contributed by atoms with van der Waals surface area (Å²) in [7, 11) is 0. The average Bonchev–Trinajstić information content (AvgIpc) is 3.18. The van der Waals surface area contributed by atoms with Crippen molar-refractivity contribution in [3.63, 3.8) is 0 Å². The third-order valence-electron chi connectivity index (χ3n) is 3.55. The van der Waals surface area contributed by atoms with Crippen LogP contribution in [0.1, 0.15) is 24.7 Å². The molecule has 19 heavy (non-hydrogen) atoms. The first-order chi connectivity index (χ1) is 9.31. The van der Waals surface area contributed by atoms with Crippen molar-refractivity contribution in [3.8, 4) is 0 Å². The Morgan fingerprint density at radius 2 is 2.05 bits per heavy atom. The van der Waals surface area contributed by atoms with Crippen molar-refractivity contribution < 1.29 is 0 Å². The number of hydrogen-bond donors (Lipinski definition) is 0. The van der Waals surface area contributed by atoms with Crippen LogP contribution in [0.15, 0.2) is 29.1 Å². The van der Waals surface area contributed by atoms with Crippen molar-refractivity contribution >= 4 is 28.3 Å². The van der Waals surface area contributed by atoms with Gasteiger partial charge in [-0.3, -0.25) is 13.8 Å². The van der Waals surface area contributed by atoms with Crippen LogP contribution in [0, 0.1) is 0 Å². The van der Waals surface area contributed by atoms with Gasteiger partial charge >= 0.3 is 0 Å². The van der Waals surface area contributed by atoms with Gasteiger partial charge < -0.3 is 0 Å². The average molecular weight is 275 g/mol. The number of para-hydroxylation sites is 1. The maximum atomic E-state index is 12.6. The fourth-order valence-corrected chi connectivity index (χ4v) is 2.70. The quantitative estimate of drug-likeness (QED) is 0.673. The summed E-state index contributed by atoms with van der Waals surface area (Å²) in [6.07, 6.45) is 2.05. The summed E-state index contributed by atoms with van der Waals surface area (Å²) in [6, 6.07) is 7.78. The molecule has 0 bridgehead atoms. The van der Waals surface area contributed by atoms with Gasteiger partial charge in [0.1, 0.15) is 0 Å². The zero-order chi connectivity index (χ0) is 13.0. The fraction of sp³-hybridized carbons (Fsp3) is 0.308. The minimum absolute atomic E-state index is 0.0131. The van der Waals surface area contributed by atoms with E-state index in [1.807, 2.05) is 28.7 Å². The number of alkyl halides is 1. The van der Waals surface area contributed by atoms with E-state index in [4.69, 9.17) is 11.6 Å². The van der Waals surface area contributed by atoms with Gasteiger partial charge in [0.2, 0.25) is 5.78 Å². The van der Waals surface area contributed by atoms with Gasteiger partial charge in [-0.2, -0.15) is 0 Å². The van der Waals surface area contributed by atoms with Crippen LogP contribution in [0.3, 0.4) is 0 Å². The first kappa shape index (κ1) is 11.0. The van der Waals surface area contributed by atoms with E-state index in [0.29, 0.717) is 17.0 Å². The lowest BCUT2D eigenvalue weighted by molar-refractivity contribution is 0.716. The number of halogens is 1. The summed E-state index contributed by atoms with van der Waals surface area (Å²) in [4.78, 5) is 12.6. The Morgan fingerprint density at radius 3 is 2.79 bits per heavy atom. The highest BCUT2D eigenvalue weighted by Gasteiger charge is 2.29. The summed E-state index contributed by atoms with van der Waals surface area (Å²) in [5, 5.41) is 8.94. The maximum absolute atomic E-state index is 12.6. The molecule has 0 unspecified atom stereocenters. The van der Waals surface area contributed by atoms with Gasteiger partial charge in [-0.15, -0.1) is 21.8 Å². The summed E-state index contributed by atoms with van der Waals surface area (Å²) >= 11 is 5.92. The van der Waals surface area contributed by atoms with Crippen LogP contribution in [0.4, 0.5) is 0 Å². The maximum Gasteiger partial charge on any atom is 0.263 e. The van der Waals surface area contributed by atoms with Gasteiger partial charge in [-0.1, -0.05) is 12.1 Å². The Kier molecular flexibility index (Phi) is 2.20. The highest BCUT2D eigenvalue weighted by Crippen LogP contribution is 2.35. The van der Waals surface area contributed by atoms with E-state index in [0.717, 1.165) is 18.4 Å². The van der Waals surface area contributed by atoms with Gasteiger partial charge in [0.15, 0.2) is 5.82 Å². The lowest BCUT2D eigenvalue weighted by atomic mass is 10.2. The smallest absolute Gasteiger partial charge is 0.263 e. The molecule has 96 valence electrons. The molecule has 1 saturated carbocycles. The van der Waals surface area contributed by atoms with Crippen molar-refractivity contribution in [1.82, 2.24) is 19.2 Å². The lowest BCUT2D eigenvalue weighted by Gasteiger charge is -2.09. The van der Waals surface area contributed by atoms with E-state index < -0.39 is 0 Å². The van der Waals surface area contributed by atoms with Crippen molar-refractivity contribution in [2.75, 3.05) is 0 Å². The molecule has 6 heteroatoms. The fourth-order valence-electron chi connectivity index (χ4n) is 2.53. The number of rotatable bonds is 2. The Labute approximate surface area is 113 Å². The molecule has 0 spiro atoms. The van der Waals surface area contributed by atoms with Crippen molar-refractivity contribution in [2.45, 2.75) is 24.8 Å². The summed E-state index contributed by atoms with van der Waals surface area (Å²) < 4.78 is 3.65. The molecule has 0 aliphatic heterocycles. The van der Waals surface area contributed by atoms with E-state index in [2.05, 4.69) is 10.2 Å². The molecule has 0 amide bonds. The molecular weight excluding hydrogens is 264 g/mol. The zero-order valence-electron chi connectivity index (χ0n) is 10.1. The second-order valence-electron chi connectivity index (χ2n) is 4.81. The predicted molar refractivity (Wildman–Crippen MR) is 72.6 cm³/mol. The Hall–Kier alpha value is -1.88. The second-order valence-corrected chi connectivity index (χ2v) is 5.08. The number of hydrogen-bond acceptors (Lipinski definition) is 3. The molecule has 3 aromatic rings. The molecule has 1 fully saturated rings. The first-order valence-corrected chi connectivity index (χ1v) is 6.78. The molecule has 1 aliphatic rings. The molecule has 2 heterocycles. The normalized spacial score (nSPS) is 15.4.